The van der Waals surface area contributed by atoms with E-state index in [1.165, 1.54) is 0 Å². The number of guanidine groups is 1. The minimum Gasteiger partial charge on any atom is -0.394 e. The molecule has 5 atom stereocenters. The molecular weight excluding hydrogens is 816 g/mol. The average molecular weight is 880 g/mol. The van der Waals surface area contributed by atoms with Gasteiger partial charge in [-0.2, -0.15) is 0 Å². The molecule has 0 saturated heterocycles. The highest BCUT2D eigenvalue weighted by molar-refractivity contribution is 6.31. The fraction of sp³-hybridized carbons (Fsp3) is 0.477. The number of nitrogens with zero attached hydrogens (tertiary/aromatic N) is 4. The summed E-state index contributed by atoms with van der Waals surface area (Å²) in [5, 5.41) is 57.1. The van der Waals surface area contributed by atoms with Gasteiger partial charge in [-0.15, -0.1) is 0 Å². The lowest BCUT2D eigenvalue weighted by Gasteiger charge is -2.30. The largest absolute Gasteiger partial charge is 0.394 e. The Kier molecular flexibility index (Phi) is 20.2. The minimum atomic E-state index is -1.66. The number of aryl methyl sites for hydroxylation is 2. The van der Waals surface area contributed by atoms with Crippen molar-refractivity contribution in [2.75, 3.05) is 49.6 Å². The van der Waals surface area contributed by atoms with Crippen LogP contribution in [0.4, 0.5) is 17.3 Å². The average Bonchev–Trinajstić information content (AvgIpc) is 3.25. The summed E-state index contributed by atoms with van der Waals surface area (Å²) in [5.74, 6) is -1.31. The second kappa shape index (κ2) is 25.2. The standard InChI is InChI=1S/C44H63ClN10O7/c1-2-3-4-7-20-55(25-34(57)37(59)38(60)35(58)26-56)21-8-10-27-13-17-32(18-14-27)51-42(61)33(46)24-29-12-16-30-22-28(11-15-31(30)23-29)9-5-6-19-50-44(49)54-43(62)36-40(47)53-41(48)39(45)52-36/h11-18,22-23,33-35,37-38,56-60H,2-10,19-21,24-26,46H2,1H3,(H,51,61)(H4,47,48,53)(H3,49,50,54,62)/t33-,34-,35+,37+,38+/m0/s1. The van der Waals surface area contributed by atoms with Crippen LogP contribution in [0, 0.1) is 0 Å². The normalized spacial score (nSPS) is 14.4. The highest BCUT2D eigenvalue weighted by Gasteiger charge is 2.31. The first-order chi connectivity index (χ1) is 29.7. The fourth-order valence-corrected chi connectivity index (χ4v) is 7.05. The minimum absolute atomic E-state index is 0.0745. The number of hydrogen-bond donors (Lipinski definition) is 11. The van der Waals surface area contributed by atoms with Gasteiger partial charge in [0, 0.05) is 18.8 Å². The van der Waals surface area contributed by atoms with Crippen LogP contribution >= 0.6 is 11.6 Å². The van der Waals surface area contributed by atoms with Crippen molar-refractivity contribution in [2.24, 2.45) is 16.5 Å². The molecule has 0 aliphatic carbocycles. The van der Waals surface area contributed by atoms with Crippen LogP contribution in [0.1, 0.15) is 79.0 Å². The van der Waals surface area contributed by atoms with Crippen LogP contribution in [0.25, 0.3) is 10.8 Å². The zero-order chi connectivity index (χ0) is 45.2. The second-order valence-corrected chi connectivity index (χ2v) is 15.9. The van der Waals surface area contributed by atoms with Gasteiger partial charge < -0.3 is 58.7 Å². The van der Waals surface area contributed by atoms with E-state index in [4.69, 9.17) is 39.6 Å². The van der Waals surface area contributed by atoms with E-state index in [1.54, 1.807) is 0 Å². The zero-order valence-electron chi connectivity index (χ0n) is 35.3. The van der Waals surface area contributed by atoms with E-state index >= 15 is 0 Å². The number of amides is 2. The van der Waals surface area contributed by atoms with E-state index in [9.17, 15) is 30.0 Å². The number of rotatable bonds is 25. The van der Waals surface area contributed by atoms with Crippen molar-refractivity contribution in [3.8, 4) is 0 Å². The molecule has 0 aliphatic heterocycles. The Bertz CT molecular complexity index is 2080. The second-order valence-electron chi connectivity index (χ2n) is 15.6. The Hall–Kier alpha value is -4.98. The molecule has 1 aromatic heterocycles. The van der Waals surface area contributed by atoms with E-state index in [0.29, 0.717) is 31.7 Å². The van der Waals surface area contributed by atoms with Gasteiger partial charge in [-0.25, -0.2) is 9.97 Å². The van der Waals surface area contributed by atoms with Gasteiger partial charge in [0.1, 0.15) is 18.3 Å². The number of aromatic nitrogens is 2. The molecule has 62 heavy (non-hydrogen) atoms. The lowest BCUT2D eigenvalue weighted by molar-refractivity contribution is -0.119. The quantitative estimate of drug-likeness (QED) is 0.0259. The van der Waals surface area contributed by atoms with Crippen molar-refractivity contribution in [3.05, 3.63) is 88.2 Å². The van der Waals surface area contributed by atoms with Crippen LogP contribution < -0.4 is 33.6 Å². The summed E-state index contributed by atoms with van der Waals surface area (Å²) in [6.45, 7) is 3.30. The molecule has 0 aliphatic rings. The van der Waals surface area contributed by atoms with Gasteiger partial charge >= 0.3 is 0 Å². The maximum absolute atomic E-state index is 13.1. The van der Waals surface area contributed by atoms with Gasteiger partial charge in [0.25, 0.3) is 5.91 Å². The summed E-state index contributed by atoms with van der Waals surface area (Å²) in [6.07, 6.45) is 2.37. The lowest BCUT2D eigenvalue weighted by Crippen LogP contribution is -2.50. The molecule has 0 unspecified atom stereocenters. The van der Waals surface area contributed by atoms with Crippen molar-refractivity contribution in [3.63, 3.8) is 0 Å². The summed E-state index contributed by atoms with van der Waals surface area (Å²) in [5.41, 5.74) is 27.1. The molecule has 4 rings (SSSR count). The number of nitrogens with one attached hydrogen (secondary N) is 2. The molecule has 0 spiro atoms. The van der Waals surface area contributed by atoms with Gasteiger partial charge in [0.15, 0.2) is 28.4 Å². The Morgan fingerprint density at radius 3 is 2.11 bits per heavy atom. The van der Waals surface area contributed by atoms with E-state index in [-0.39, 0.29) is 40.9 Å². The summed E-state index contributed by atoms with van der Waals surface area (Å²) in [4.78, 5) is 39.4. The fourth-order valence-electron chi connectivity index (χ4n) is 6.93. The van der Waals surface area contributed by atoms with E-state index < -0.39 is 43.0 Å². The number of fused-ring (bicyclic) bond motifs is 1. The molecule has 338 valence electrons. The lowest BCUT2D eigenvalue weighted by atomic mass is 9.98. The number of nitrogens with two attached hydrogens (primary N) is 4. The number of nitrogen functional groups attached to an aromatic ring is 2. The number of benzene rings is 3. The third kappa shape index (κ3) is 15.7. The highest BCUT2D eigenvalue weighted by Crippen LogP contribution is 2.21. The van der Waals surface area contributed by atoms with Gasteiger partial charge in [0.05, 0.1) is 18.8 Å². The third-order valence-corrected chi connectivity index (χ3v) is 10.8. The molecule has 3 aromatic carbocycles. The third-order valence-electron chi connectivity index (χ3n) is 10.5. The Morgan fingerprint density at radius 1 is 0.790 bits per heavy atom. The number of halogens is 1. The smallest absolute Gasteiger partial charge is 0.280 e. The van der Waals surface area contributed by atoms with Gasteiger partial charge in [0.2, 0.25) is 5.91 Å². The summed E-state index contributed by atoms with van der Waals surface area (Å²) >= 11 is 5.85. The molecule has 0 saturated carbocycles. The zero-order valence-corrected chi connectivity index (χ0v) is 36.1. The van der Waals surface area contributed by atoms with Crippen LogP contribution in [0.5, 0.6) is 0 Å². The van der Waals surface area contributed by atoms with Crippen molar-refractivity contribution < 1.29 is 35.1 Å². The molecule has 0 radical (unpaired) electrons. The Balaban J connectivity index is 1.19. The van der Waals surface area contributed by atoms with Crippen molar-refractivity contribution in [1.29, 1.82) is 0 Å². The van der Waals surface area contributed by atoms with Crippen LogP contribution in [-0.2, 0) is 24.1 Å². The van der Waals surface area contributed by atoms with E-state index in [0.717, 1.165) is 85.3 Å². The van der Waals surface area contributed by atoms with Crippen LogP contribution in [0.2, 0.25) is 5.15 Å². The highest BCUT2D eigenvalue weighted by atomic mass is 35.5. The molecule has 17 nitrogen and oxygen atoms in total. The summed E-state index contributed by atoms with van der Waals surface area (Å²) in [7, 11) is 0. The Labute approximate surface area is 367 Å². The predicted octanol–water partition coefficient (Wildman–Crippen LogP) is 2.27. The molecule has 15 N–H and O–H groups in total. The van der Waals surface area contributed by atoms with Crippen LogP contribution in [-0.4, -0.2) is 121 Å². The number of anilines is 3. The summed E-state index contributed by atoms with van der Waals surface area (Å²) in [6, 6.07) is 19.2. The van der Waals surface area contributed by atoms with Gasteiger partial charge in [-0.3, -0.25) is 19.9 Å². The van der Waals surface area contributed by atoms with E-state index in [2.05, 4.69) is 50.7 Å². The number of hydrogen-bond acceptors (Lipinski definition) is 14. The molecular formula is C44H63ClN10O7. The van der Waals surface area contributed by atoms with Crippen molar-refractivity contribution >= 4 is 57.5 Å². The monoisotopic (exact) mass is 878 g/mol. The number of aliphatic hydroxyl groups excluding tert-OH is 5. The van der Waals surface area contributed by atoms with Crippen molar-refractivity contribution in [2.45, 2.75) is 102 Å². The molecule has 1 heterocycles. The molecule has 0 bridgehead atoms. The number of aliphatic imine (C=N–C) groups is 1. The number of carbonyl (C=O) groups excluding carboxylic acids is 2. The van der Waals surface area contributed by atoms with Gasteiger partial charge in [-0.05, 0) is 97.6 Å². The maximum atomic E-state index is 13.1. The SMILES string of the molecule is CCCCCCN(CCCc1ccc(NC(=O)[C@@H](N)Cc2ccc3cc(CCCCN=C(N)NC(=O)c4nc(Cl)c(N)nc4N)ccc3c2)cc1)C[C@H](O)[C@@H](O)[C@H](O)[C@H](O)CO. The van der Waals surface area contributed by atoms with E-state index in [1.807, 2.05) is 47.4 Å². The first kappa shape index (κ1) is 49.7. The molecule has 0 fully saturated rings. The maximum Gasteiger partial charge on any atom is 0.280 e. The first-order valence-corrected chi connectivity index (χ1v) is 21.5. The predicted molar refractivity (Wildman–Crippen MR) is 243 cm³/mol. The Morgan fingerprint density at radius 2 is 1.42 bits per heavy atom. The molecule has 4 aromatic rings. The van der Waals surface area contributed by atoms with Crippen molar-refractivity contribution in [1.82, 2.24) is 20.2 Å². The number of aliphatic hydroxyl groups is 5. The number of carbonyl (C=O) groups is 2. The van der Waals surface area contributed by atoms with Gasteiger partial charge in [-0.1, -0.05) is 86.3 Å². The topological polar surface area (TPSA) is 305 Å². The molecule has 18 heteroatoms. The summed E-state index contributed by atoms with van der Waals surface area (Å²) < 4.78 is 0. The first-order valence-electron chi connectivity index (χ1n) is 21.1. The number of unbranched alkanes of at least 4 members (excludes halogenated alkanes) is 4. The van der Waals surface area contributed by atoms with Crippen LogP contribution in [0.15, 0.2) is 65.7 Å². The molecule has 2 amide bonds. The van der Waals surface area contributed by atoms with Crippen LogP contribution in [0.3, 0.4) is 0 Å².